The van der Waals surface area contributed by atoms with Gasteiger partial charge in [-0.05, 0) is 29.3 Å². The Balaban J connectivity index is 2.49. The van der Waals surface area contributed by atoms with Gasteiger partial charge in [0.2, 0.25) is 0 Å². The van der Waals surface area contributed by atoms with Crippen LogP contribution >= 0.6 is 11.6 Å². The number of hydrogen-bond donors (Lipinski definition) is 0. The van der Waals surface area contributed by atoms with Crippen molar-refractivity contribution in [3.8, 4) is 11.1 Å². The van der Waals surface area contributed by atoms with Crippen LogP contribution in [0.5, 0.6) is 0 Å². The summed E-state index contributed by atoms with van der Waals surface area (Å²) in [5.74, 6) is -1.32. The van der Waals surface area contributed by atoms with Gasteiger partial charge in [0.05, 0.1) is 0 Å². The largest absolute Gasteiger partial charge is 0.207 e. The van der Waals surface area contributed by atoms with Crippen LogP contribution in [0, 0.1) is 17.7 Å². The number of halogens is 3. The molecule has 0 aliphatic rings. The van der Waals surface area contributed by atoms with E-state index in [4.69, 9.17) is 11.6 Å². The smallest absolute Gasteiger partial charge is 0.134 e. The summed E-state index contributed by atoms with van der Waals surface area (Å²) in [4.78, 5) is 0. The third kappa shape index (κ3) is 2.34. The first-order valence-corrected chi connectivity index (χ1v) is 4.67. The summed E-state index contributed by atoms with van der Waals surface area (Å²) in [5.41, 5.74) is 1.06. The molecule has 0 saturated heterocycles. The van der Waals surface area contributed by atoms with Crippen molar-refractivity contribution in [2.24, 2.45) is 0 Å². The van der Waals surface area contributed by atoms with Gasteiger partial charge in [0.25, 0.3) is 0 Å². The molecular weight excluding hydrogens is 218 g/mol. The molecule has 1 radical (unpaired) electrons. The number of benzene rings is 2. The van der Waals surface area contributed by atoms with Crippen LogP contribution < -0.4 is 0 Å². The van der Waals surface area contributed by atoms with Crippen LogP contribution in [-0.2, 0) is 0 Å². The maximum absolute atomic E-state index is 12.9. The molecular formula is C12H6ClF2. The first kappa shape index (κ1) is 10.1. The average molecular weight is 224 g/mol. The van der Waals surface area contributed by atoms with E-state index in [0.717, 1.165) is 6.07 Å². The fourth-order valence-electron chi connectivity index (χ4n) is 1.29. The summed E-state index contributed by atoms with van der Waals surface area (Å²) in [7, 11) is 0. The molecule has 0 amide bonds. The topological polar surface area (TPSA) is 0 Å². The van der Waals surface area contributed by atoms with Crippen molar-refractivity contribution in [2.45, 2.75) is 0 Å². The van der Waals surface area contributed by atoms with Crippen molar-refractivity contribution in [1.82, 2.24) is 0 Å². The minimum Gasteiger partial charge on any atom is -0.207 e. The Morgan fingerprint density at radius 1 is 1.00 bits per heavy atom. The molecule has 0 fully saturated rings. The van der Waals surface area contributed by atoms with Gasteiger partial charge >= 0.3 is 0 Å². The third-order valence-electron chi connectivity index (χ3n) is 1.96. The van der Waals surface area contributed by atoms with Gasteiger partial charge in [-0.3, -0.25) is 0 Å². The SMILES string of the molecule is Fc1[c]c(-c2ccc(Cl)cc2)cc(F)c1. The Kier molecular flexibility index (Phi) is 2.69. The Hall–Kier alpha value is -1.41. The zero-order chi connectivity index (χ0) is 10.8. The molecule has 0 nitrogen and oxygen atoms in total. The number of hydrogen-bond acceptors (Lipinski definition) is 0. The van der Waals surface area contributed by atoms with Crippen molar-refractivity contribution in [1.29, 1.82) is 0 Å². The van der Waals surface area contributed by atoms with Gasteiger partial charge < -0.3 is 0 Å². The van der Waals surface area contributed by atoms with Crippen LogP contribution in [0.4, 0.5) is 8.78 Å². The van der Waals surface area contributed by atoms with E-state index < -0.39 is 11.6 Å². The molecule has 2 aromatic rings. The fourth-order valence-corrected chi connectivity index (χ4v) is 1.41. The van der Waals surface area contributed by atoms with E-state index >= 15 is 0 Å². The number of rotatable bonds is 1. The minimum atomic E-state index is -0.708. The zero-order valence-corrected chi connectivity index (χ0v) is 8.35. The van der Waals surface area contributed by atoms with Gasteiger partial charge in [0.1, 0.15) is 11.6 Å². The molecule has 0 N–H and O–H groups in total. The molecule has 0 aliphatic carbocycles. The van der Waals surface area contributed by atoms with Gasteiger partial charge in [-0.25, -0.2) is 8.78 Å². The lowest BCUT2D eigenvalue weighted by Crippen LogP contribution is -1.84. The predicted octanol–water partition coefficient (Wildman–Crippen LogP) is 4.09. The third-order valence-corrected chi connectivity index (χ3v) is 2.21. The molecule has 0 aromatic heterocycles. The van der Waals surface area contributed by atoms with E-state index in [9.17, 15) is 8.78 Å². The quantitative estimate of drug-likeness (QED) is 0.683. The molecule has 0 aliphatic heterocycles. The first-order chi connectivity index (χ1) is 7.15. The molecule has 0 bridgehead atoms. The second kappa shape index (κ2) is 3.99. The van der Waals surface area contributed by atoms with Gasteiger partial charge in [-0.15, -0.1) is 0 Å². The Morgan fingerprint density at radius 2 is 1.67 bits per heavy atom. The average Bonchev–Trinajstić information content (AvgIpc) is 2.17. The molecule has 15 heavy (non-hydrogen) atoms. The molecule has 0 spiro atoms. The lowest BCUT2D eigenvalue weighted by molar-refractivity contribution is 0.583. The van der Waals surface area contributed by atoms with Crippen LogP contribution in [0.25, 0.3) is 11.1 Å². The van der Waals surface area contributed by atoms with E-state index in [1.165, 1.54) is 6.07 Å². The van der Waals surface area contributed by atoms with Crippen molar-refractivity contribution in [3.63, 3.8) is 0 Å². The molecule has 2 aromatic carbocycles. The van der Waals surface area contributed by atoms with Crippen LogP contribution in [0.15, 0.2) is 36.4 Å². The van der Waals surface area contributed by atoms with E-state index in [1.54, 1.807) is 24.3 Å². The highest BCUT2D eigenvalue weighted by Gasteiger charge is 2.03. The molecule has 75 valence electrons. The highest BCUT2D eigenvalue weighted by atomic mass is 35.5. The van der Waals surface area contributed by atoms with Crippen molar-refractivity contribution in [2.75, 3.05) is 0 Å². The molecule has 3 heteroatoms. The van der Waals surface area contributed by atoms with Crippen LogP contribution in [-0.4, -0.2) is 0 Å². The van der Waals surface area contributed by atoms with Crippen LogP contribution in [0.1, 0.15) is 0 Å². The van der Waals surface area contributed by atoms with E-state index in [0.29, 0.717) is 16.1 Å². The summed E-state index contributed by atoms with van der Waals surface area (Å²) >= 11 is 5.70. The monoisotopic (exact) mass is 223 g/mol. The van der Waals surface area contributed by atoms with Crippen LogP contribution in [0.3, 0.4) is 0 Å². The van der Waals surface area contributed by atoms with Crippen molar-refractivity contribution >= 4 is 11.6 Å². The maximum atomic E-state index is 12.9. The highest BCUT2D eigenvalue weighted by Crippen LogP contribution is 2.22. The van der Waals surface area contributed by atoms with Crippen molar-refractivity contribution < 1.29 is 8.78 Å². The molecule has 0 atom stereocenters. The normalized spacial score (nSPS) is 10.3. The molecule has 2 rings (SSSR count). The lowest BCUT2D eigenvalue weighted by Gasteiger charge is -2.01. The predicted molar refractivity (Wildman–Crippen MR) is 55.6 cm³/mol. The minimum absolute atomic E-state index is 0.379. The Bertz CT molecular complexity index is 457. The van der Waals surface area contributed by atoms with E-state index in [2.05, 4.69) is 6.07 Å². The van der Waals surface area contributed by atoms with Crippen molar-refractivity contribution in [3.05, 3.63) is 59.1 Å². The molecule has 0 saturated carbocycles. The summed E-state index contributed by atoms with van der Waals surface area (Å²) in [5, 5.41) is 0.579. The van der Waals surface area contributed by atoms with Gasteiger partial charge in [0, 0.05) is 17.2 Å². The summed E-state index contributed by atoms with van der Waals surface area (Å²) < 4.78 is 25.8. The molecule has 0 unspecified atom stereocenters. The fraction of sp³-hybridized carbons (Fsp3) is 0. The van der Waals surface area contributed by atoms with E-state index in [1.807, 2.05) is 0 Å². The lowest BCUT2D eigenvalue weighted by atomic mass is 10.1. The highest BCUT2D eigenvalue weighted by molar-refractivity contribution is 6.30. The zero-order valence-electron chi connectivity index (χ0n) is 7.60. The Morgan fingerprint density at radius 3 is 2.27 bits per heavy atom. The van der Waals surface area contributed by atoms with Gasteiger partial charge in [-0.1, -0.05) is 23.7 Å². The van der Waals surface area contributed by atoms with Crippen LogP contribution in [0.2, 0.25) is 5.02 Å². The summed E-state index contributed by atoms with van der Waals surface area (Å²) in [6, 6.07) is 11.1. The Labute approximate surface area is 91.1 Å². The molecule has 0 heterocycles. The van der Waals surface area contributed by atoms with Gasteiger partial charge in [0.15, 0.2) is 0 Å². The second-order valence-corrected chi connectivity index (χ2v) is 3.50. The maximum Gasteiger partial charge on any atom is 0.134 e. The van der Waals surface area contributed by atoms with Gasteiger partial charge in [-0.2, -0.15) is 0 Å². The second-order valence-electron chi connectivity index (χ2n) is 3.07. The summed E-state index contributed by atoms with van der Waals surface area (Å²) in [6.07, 6.45) is 0. The standard InChI is InChI=1S/C12H6ClF2/c13-10-3-1-8(2-4-10)9-5-11(14)7-12(15)6-9/h1-5,7H. The summed E-state index contributed by atoms with van der Waals surface area (Å²) in [6.45, 7) is 0. The van der Waals surface area contributed by atoms with E-state index in [-0.39, 0.29) is 0 Å². The first-order valence-electron chi connectivity index (χ1n) is 4.29.